The van der Waals surface area contributed by atoms with Crippen molar-refractivity contribution in [2.45, 2.75) is 65.1 Å². The summed E-state index contributed by atoms with van der Waals surface area (Å²) in [5.41, 5.74) is 2.70. The van der Waals surface area contributed by atoms with Gasteiger partial charge in [0.2, 0.25) is 0 Å². The van der Waals surface area contributed by atoms with Gasteiger partial charge in [0.15, 0.2) is 0 Å². The summed E-state index contributed by atoms with van der Waals surface area (Å²) in [6, 6.07) is 67.3. The van der Waals surface area contributed by atoms with Crippen molar-refractivity contribution in [3.05, 3.63) is 338 Å². The van der Waals surface area contributed by atoms with Gasteiger partial charge in [0.05, 0.1) is 66.8 Å². The minimum atomic E-state index is -1.23. The quantitative estimate of drug-likeness (QED) is 0.0292. The average molecular weight is 1440 g/mol. The molecule has 0 bridgehead atoms. The van der Waals surface area contributed by atoms with Gasteiger partial charge in [0, 0.05) is 0 Å². The molecule has 1 fully saturated rings. The number of hydrogen-bond donors (Lipinski definition) is 7. The maximum atomic E-state index is 12.0. The average Bonchev–Trinajstić information content (AvgIpc) is 0.880. The minimum Gasteiger partial charge on any atom is -0.478 e. The molecule has 106 heavy (non-hydrogen) atoms. The van der Waals surface area contributed by atoms with E-state index in [1.165, 1.54) is 91.3 Å². The number of carbonyl (C=O) groups is 12. The number of hydrogen-bond acceptors (Lipinski definition) is 17. The van der Waals surface area contributed by atoms with E-state index in [1.54, 1.807) is 115 Å². The molecular weight excluding hydrogens is 1370 g/mol. The van der Waals surface area contributed by atoms with Gasteiger partial charge in [-0.1, -0.05) is 165 Å². The number of carbonyl (C=O) groups excluding carboxylic acids is 5. The molecule has 11 rings (SSSR count). The van der Waals surface area contributed by atoms with E-state index in [9.17, 15) is 57.5 Å². The van der Waals surface area contributed by atoms with Gasteiger partial charge < -0.3 is 59.4 Å². The van der Waals surface area contributed by atoms with Crippen molar-refractivity contribution < 1.29 is 117 Å². The zero-order valence-corrected chi connectivity index (χ0v) is 56.8. The van der Waals surface area contributed by atoms with Gasteiger partial charge in [-0.2, -0.15) is 0 Å². The molecule has 24 nitrogen and oxygen atoms in total. The lowest BCUT2D eigenvalue weighted by atomic mass is 9.97. The number of para-hydroxylation sites is 1. The highest BCUT2D eigenvalue weighted by atomic mass is 16.6. The second-order valence-electron chi connectivity index (χ2n) is 22.4. The van der Waals surface area contributed by atoms with Crippen LogP contribution in [0.4, 0.5) is 0 Å². The normalized spacial score (nSPS) is 10.9. The van der Waals surface area contributed by atoms with Crippen LogP contribution in [0.15, 0.2) is 255 Å². The number of ether oxygens (including phenoxy) is 5. The van der Waals surface area contributed by atoms with Gasteiger partial charge in [0.25, 0.3) is 0 Å². The monoisotopic (exact) mass is 1440 g/mol. The number of esters is 5. The zero-order valence-electron chi connectivity index (χ0n) is 56.8. The molecule has 0 aromatic heterocycles. The summed E-state index contributed by atoms with van der Waals surface area (Å²) in [6.07, 6.45) is 5.91. The lowest BCUT2D eigenvalue weighted by Crippen LogP contribution is -2.22. The summed E-state index contributed by atoms with van der Waals surface area (Å²) in [5.74, 6) is -10.2. The van der Waals surface area contributed by atoms with Gasteiger partial charge in [-0.3, -0.25) is 0 Å². The molecule has 10 aromatic rings. The summed E-state index contributed by atoms with van der Waals surface area (Å²) in [6.45, 7) is 4.07. The molecular formula is C82H70O24. The van der Waals surface area contributed by atoms with Crippen molar-refractivity contribution in [1.29, 1.82) is 0 Å². The Morgan fingerprint density at radius 2 is 0.538 bits per heavy atom. The molecule has 24 heteroatoms. The molecule has 0 unspecified atom stereocenters. The highest BCUT2D eigenvalue weighted by molar-refractivity contribution is 6.06. The third-order valence-electron chi connectivity index (χ3n) is 15.0. The lowest BCUT2D eigenvalue weighted by molar-refractivity contribution is 0.0205. The van der Waals surface area contributed by atoms with Crippen molar-refractivity contribution in [3.63, 3.8) is 0 Å². The Kier molecular flexibility index (Phi) is 31.7. The van der Waals surface area contributed by atoms with Crippen LogP contribution in [0.5, 0.6) is 17.2 Å². The number of aryl methyl sites for hydroxylation is 2. The first-order valence-electron chi connectivity index (χ1n) is 32.3. The van der Waals surface area contributed by atoms with Crippen LogP contribution in [0.1, 0.15) is 180 Å². The fourth-order valence-corrected chi connectivity index (χ4v) is 9.67. The van der Waals surface area contributed by atoms with E-state index >= 15 is 0 Å². The van der Waals surface area contributed by atoms with Crippen LogP contribution >= 0.6 is 0 Å². The van der Waals surface area contributed by atoms with E-state index in [0.717, 1.165) is 48.8 Å². The fourth-order valence-electron chi connectivity index (χ4n) is 9.67. The molecule has 7 N–H and O–H groups in total. The van der Waals surface area contributed by atoms with Gasteiger partial charge in [-0.05, 0) is 159 Å². The molecule has 1 aliphatic carbocycles. The molecule has 10 aromatic carbocycles. The molecule has 0 saturated heterocycles. The molecule has 1 aliphatic rings. The van der Waals surface area contributed by atoms with Crippen molar-refractivity contribution in [3.8, 4) is 17.2 Å². The molecule has 0 spiro atoms. The van der Waals surface area contributed by atoms with E-state index < -0.39 is 71.6 Å². The Balaban J connectivity index is 0.000000200. The summed E-state index contributed by atoms with van der Waals surface area (Å²) in [7, 11) is 0. The number of aromatic carboxylic acids is 7. The second kappa shape index (κ2) is 41.5. The summed E-state index contributed by atoms with van der Waals surface area (Å²) < 4.78 is 25.9. The van der Waals surface area contributed by atoms with Gasteiger partial charge in [-0.25, -0.2) is 57.5 Å². The van der Waals surface area contributed by atoms with E-state index in [4.69, 9.17) is 59.4 Å². The first kappa shape index (κ1) is 80.8. The second-order valence-corrected chi connectivity index (χ2v) is 22.4. The summed E-state index contributed by atoms with van der Waals surface area (Å²) in [4.78, 5) is 136. The smallest absolute Gasteiger partial charge is 0.344 e. The maximum Gasteiger partial charge on any atom is 0.344 e. The third kappa shape index (κ3) is 25.5. The van der Waals surface area contributed by atoms with E-state index in [1.807, 2.05) is 68.4 Å². The predicted molar refractivity (Wildman–Crippen MR) is 384 cm³/mol. The van der Waals surface area contributed by atoms with Crippen LogP contribution in [-0.2, 0) is 22.5 Å². The Hall–Kier alpha value is -14.2. The highest BCUT2D eigenvalue weighted by Crippen LogP contribution is 2.24. The topological polar surface area (TPSA) is 393 Å². The van der Waals surface area contributed by atoms with Gasteiger partial charge in [-0.15, -0.1) is 0 Å². The zero-order chi connectivity index (χ0) is 77.1. The van der Waals surface area contributed by atoms with Gasteiger partial charge >= 0.3 is 71.6 Å². The summed E-state index contributed by atoms with van der Waals surface area (Å²) >= 11 is 0. The van der Waals surface area contributed by atoms with Crippen molar-refractivity contribution in [2.24, 2.45) is 0 Å². The number of carboxylic acid groups (broad SMARTS) is 7. The van der Waals surface area contributed by atoms with E-state index in [2.05, 4.69) is 0 Å². The predicted octanol–water partition coefficient (Wildman–Crippen LogP) is 15.4. The van der Waals surface area contributed by atoms with Crippen LogP contribution in [-0.4, -0.2) is 113 Å². The number of rotatable bonds is 19. The van der Waals surface area contributed by atoms with Crippen LogP contribution in [0, 0.1) is 6.92 Å². The van der Waals surface area contributed by atoms with Crippen molar-refractivity contribution >= 4 is 71.6 Å². The van der Waals surface area contributed by atoms with E-state index in [-0.39, 0.29) is 79.5 Å². The molecule has 0 atom stereocenters. The fraction of sp³-hybridized carbons (Fsp3) is 0.122. The molecule has 0 aliphatic heterocycles. The van der Waals surface area contributed by atoms with Crippen LogP contribution in [0.3, 0.4) is 0 Å². The SMILES string of the molecule is CCc1ccc(OC(=O)c2ccccc2C(=O)O)cc1.Cc1ccc(OC(=O)c2ccccc2C(=O)O)cc1.O=C(O)c1ccccc1C(=O)O.O=C(O)c1ccccc1C(=O)OC1CCCCC1.O=C(O)c1ccccc1C(=O)OCc1ccccc1.O=C(O)c1ccccc1C(=O)Oc1ccccc1. The first-order valence-corrected chi connectivity index (χ1v) is 32.3. The largest absolute Gasteiger partial charge is 0.478 e. The Morgan fingerprint density at radius 3 is 0.849 bits per heavy atom. The Morgan fingerprint density at radius 1 is 0.283 bits per heavy atom. The molecule has 0 radical (unpaired) electrons. The van der Waals surface area contributed by atoms with Gasteiger partial charge in [0.1, 0.15) is 30.0 Å². The number of carboxylic acids is 7. The molecule has 1 saturated carbocycles. The van der Waals surface area contributed by atoms with Crippen LogP contribution in [0.2, 0.25) is 0 Å². The summed E-state index contributed by atoms with van der Waals surface area (Å²) in [5, 5.41) is 62.1. The molecule has 542 valence electrons. The van der Waals surface area contributed by atoms with E-state index in [0.29, 0.717) is 17.2 Å². The highest BCUT2D eigenvalue weighted by Gasteiger charge is 2.24. The molecule has 0 amide bonds. The third-order valence-corrected chi connectivity index (χ3v) is 15.0. The standard InChI is InChI=1S/C16H14O4.2C15H12O4.C14H16O4.C14H10O4.C8H6O4/c1-2-11-7-9-12(10-8-11)20-16(19)14-6-4-3-5-13(14)15(17)18;1-10-6-8-11(9-7-10)19-15(18)13-5-3-2-4-12(13)14(16)17;16-14(17)12-8-4-5-9-13(12)15(18)19-10-11-6-2-1-3-7-11;2*15-13(16)11-8-4-5-9-12(11)14(17)18-10-6-2-1-3-7-10;9-7(10)5-3-1-2-4-6(5)8(11)12/h3-10H,2H2,1H3,(H,17,18);2-9H,1H3,(H,16,17);1-9H,10H2,(H,16,17);4-5,8-10H,1-3,6-7H2,(H,15,16);1-9H,(H,15,16);1-4H,(H,9,10)(H,11,12). The van der Waals surface area contributed by atoms with Crippen LogP contribution in [0.25, 0.3) is 0 Å². The van der Waals surface area contributed by atoms with Crippen LogP contribution < -0.4 is 14.2 Å². The Labute approximate surface area is 606 Å². The minimum absolute atomic E-state index is 0.00157. The molecule has 0 heterocycles. The Bertz CT molecular complexity index is 4680. The lowest BCUT2D eigenvalue weighted by Gasteiger charge is -2.22. The first-order chi connectivity index (χ1) is 50.9. The maximum absolute atomic E-state index is 12.0. The van der Waals surface area contributed by atoms with Crippen molar-refractivity contribution in [2.75, 3.05) is 0 Å². The number of benzene rings is 10. The van der Waals surface area contributed by atoms with Crippen molar-refractivity contribution in [1.82, 2.24) is 0 Å².